The Labute approximate surface area is 173 Å². The lowest BCUT2D eigenvalue weighted by molar-refractivity contribution is 0.0694. The highest BCUT2D eigenvalue weighted by atomic mass is 32.2. The predicted octanol–water partition coefficient (Wildman–Crippen LogP) is 1.97. The van der Waals surface area contributed by atoms with Crippen LogP contribution in [0.25, 0.3) is 0 Å². The van der Waals surface area contributed by atoms with Crippen molar-refractivity contribution < 1.29 is 22.7 Å². The average molecular weight is 426 g/mol. The van der Waals surface area contributed by atoms with Gasteiger partial charge in [-0.2, -0.15) is 17.0 Å². The normalized spacial score (nSPS) is 18.8. The van der Waals surface area contributed by atoms with Crippen LogP contribution in [0.15, 0.2) is 18.2 Å². The smallest absolute Gasteiger partial charge is 0.282 e. The maximum absolute atomic E-state index is 12.9. The lowest BCUT2D eigenvalue weighted by Crippen LogP contribution is -2.53. The number of piperazine rings is 1. The molecule has 29 heavy (non-hydrogen) atoms. The van der Waals surface area contributed by atoms with E-state index in [1.807, 2.05) is 0 Å². The molecule has 0 spiro atoms. The molecule has 3 rings (SSSR count). The summed E-state index contributed by atoms with van der Waals surface area (Å²) in [7, 11) is -1.86. The molecule has 2 heterocycles. The molecule has 0 bridgehead atoms. The number of ether oxygens (including phenoxy) is 2. The molecular formula is C20H31N3O5S. The van der Waals surface area contributed by atoms with Gasteiger partial charge in [0.2, 0.25) is 0 Å². The third-order valence-electron chi connectivity index (χ3n) is 5.41. The number of rotatable bonds is 8. The van der Waals surface area contributed by atoms with E-state index in [1.54, 1.807) is 34.5 Å². The van der Waals surface area contributed by atoms with Crippen molar-refractivity contribution in [3.63, 3.8) is 0 Å². The van der Waals surface area contributed by atoms with Gasteiger partial charge in [0, 0.05) is 44.8 Å². The summed E-state index contributed by atoms with van der Waals surface area (Å²) in [5, 5.41) is 0. The van der Waals surface area contributed by atoms with Crippen LogP contribution in [0.5, 0.6) is 11.5 Å². The van der Waals surface area contributed by atoms with Gasteiger partial charge in [-0.3, -0.25) is 4.79 Å². The van der Waals surface area contributed by atoms with Crippen molar-refractivity contribution in [2.24, 2.45) is 0 Å². The molecule has 1 aromatic carbocycles. The molecule has 0 N–H and O–H groups in total. The molecule has 8 nitrogen and oxygen atoms in total. The number of benzene rings is 1. The Bertz CT molecular complexity index is 800. The standard InChI is InChI=1S/C20H31N3O5S/c1-3-4-15-28-18-8-7-17(16-19(18)27-2)20(24)21-11-13-23(14-12-21)29(25,26)22-9-5-6-10-22/h7-8,16H,3-6,9-15H2,1-2H3. The van der Waals surface area contributed by atoms with Crippen molar-refractivity contribution in [3.05, 3.63) is 23.8 Å². The first-order valence-electron chi connectivity index (χ1n) is 10.3. The van der Waals surface area contributed by atoms with Crippen molar-refractivity contribution in [1.82, 2.24) is 13.5 Å². The monoisotopic (exact) mass is 425 g/mol. The van der Waals surface area contributed by atoms with Crippen LogP contribution in [-0.4, -0.2) is 80.8 Å². The van der Waals surface area contributed by atoms with Crippen LogP contribution in [0, 0.1) is 0 Å². The fourth-order valence-corrected chi connectivity index (χ4v) is 5.30. The molecule has 2 saturated heterocycles. The molecule has 2 aliphatic heterocycles. The van der Waals surface area contributed by atoms with Crippen LogP contribution >= 0.6 is 0 Å². The van der Waals surface area contributed by atoms with E-state index in [4.69, 9.17) is 9.47 Å². The third-order valence-corrected chi connectivity index (χ3v) is 7.44. The van der Waals surface area contributed by atoms with Gasteiger partial charge in [-0.15, -0.1) is 0 Å². The van der Waals surface area contributed by atoms with E-state index < -0.39 is 10.2 Å². The third kappa shape index (κ3) is 5.02. The molecule has 162 valence electrons. The largest absolute Gasteiger partial charge is 0.493 e. The van der Waals surface area contributed by atoms with E-state index in [2.05, 4.69) is 6.92 Å². The Morgan fingerprint density at radius 1 is 1.00 bits per heavy atom. The second-order valence-electron chi connectivity index (χ2n) is 7.37. The van der Waals surface area contributed by atoms with Crippen molar-refractivity contribution in [3.8, 4) is 11.5 Å². The highest BCUT2D eigenvalue weighted by Gasteiger charge is 2.34. The summed E-state index contributed by atoms with van der Waals surface area (Å²) in [6.07, 6.45) is 3.82. The number of nitrogens with zero attached hydrogens (tertiary/aromatic N) is 3. The zero-order valence-corrected chi connectivity index (χ0v) is 18.1. The summed E-state index contributed by atoms with van der Waals surface area (Å²) < 4.78 is 39.5. The molecule has 0 aromatic heterocycles. The van der Waals surface area contributed by atoms with Crippen LogP contribution in [0.1, 0.15) is 43.0 Å². The Morgan fingerprint density at radius 3 is 2.28 bits per heavy atom. The van der Waals surface area contributed by atoms with E-state index >= 15 is 0 Å². The quantitative estimate of drug-likeness (QED) is 0.595. The summed E-state index contributed by atoms with van der Waals surface area (Å²) in [5.41, 5.74) is 0.514. The van der Waals surface area contributed by atoms with Gasteiger partial charge in [0.25, 0.3) is 16.1 Å². The Balaban J connectivity index is 1.61. The van der Waals surface area contributed by atoms with Crippen LogP contribution in [0.3, 0.4) is 0 Å². The van der Waals surface area contributed by atoms with Crippen molar-refractivity contribution in [2.75, 3.05) is 53.0 Å². The highest BCUT2D eigenvalue weighted by Crippen LogP contribution is 2.29. The second kappa shape index (κ2) is 9.77. The molecule has 1 aromatic rings. The van der Waals surface area contributed by atoms with Gasteiger partial charge in [0.15, 0.2) is 11.5 Å². The first kappa shape index (κ1) is 21.9. The second-order valence-corrected chi connectivity index (χ2v) is 9.30. The van der Waals surface area contributed by atoms with E-state index in [9.17, 15) is 13.2 Å². The topological polar surface area (TPSA) is 79.4 Å². The van der Waals surface area contributed by atoms with E-state index in [0.29, 0.717) is 62.9 Å². The number of carbonyl (C=O) groups excluding carboxylic acids is 1. The first-order valence-corrected chi connectivity index (χ1v) is 11.7. The van der Waals surface area contributed by atoms with Gasteiger partial charge in [-0.1, -0.05) is 13.3 Å². The Kier molecular flexibility index (Phi) is 7.37. The van der Waals surface area contributed by atoms with Gasteiger partial charge in [0.05, 0.1) is 13.7 Å². The lowest BCUT2D eigenvalue weighted by atomic mass is 10.1. The minimum Gasteiger partial charge on any atom is -0.493 e. The fourth-order valence-electron chi connectivity index (χ4n) is 3.63. The summed E-state index contributed by atoms with van der Waals surface area (Å²) in [6.45, 7) is 5.28. The summed E-state index contributed by atoms with van der Waals surface area (Å²) in [4.78, 5) is 14.6. The van der Waals surface area contributed by atoms with Crippen LogP contribution < -0.4 is 9.47 Å². The number of hydrogen-bond donors (Lipinski definition) is 0. The highest BCUT2D eigenvalue weighted by molar-refractivity contribution is 7.86. The number of amides is 1. The van der Waals surface area contributed by atoms with Crippen molar-refractivity contribution >= 4 is 16.1 Å². The number of unbranched alkanes of at least 4 members (excludes halogenated alkanes) is 1. The summed E-state index contributed by atoms with van der Waals surface area (Å²) >= 11 is 0. The molecule has 0 unspecified atom stereocenters. The molecule has 0 atom stereocenters. The van der Waals surface area contributed by atoms with Crippen molar-refractivity contribution in [2.45, 2.75) is 32.6 Å². The minimum atomic E-state index is -3.41. The number of hydrogen-bond acceptors (Lipinski definition) is 5. The summed E-state index contributed by atoms with van der Waals surface area (Å²) in [5.74, 6) is 1.03. The predicted molar refractivity (Wildman–Crippen MR) is 111 cm³/mol. The van der Waals surface area contributed by atoms with Crippen LogP contribution in [0.4, 0.5) is 0 Å². The average Bonchev–Trinajstić information content (AvgIpc) is 3.29. The zero-order valence-electron chi connectivity index (χ0n) is 17.3. The summed E-state index contributed by atoms with van der Waals surface area (Å²) in [6, 6.07) is 5.19. The zero-order chi connectivity index (χ0) is 20.9. The van der Waals surface area contributed by atoms with Crippen LogP contribution in [-0.2, 0) is 10.2 Å². The minimum absolute atomic E-state index is 0.123. The molecule has 2 aliphatic rings. The molecule has 0 radical (unpaired) electrons. The van der Waals surface area contributed by atoms with E-state index in [0.717, 1.165) is 25.7 Å². The molecule has 9 heteroatoms. The van der Waals surface area contributed by atoms with Crippen molar-refractivity contribution in [1.29, 1.82) is 0 Å². The van der Waals surface area contributed by atoms with E-state index in [1.165, 1.54) is 4.31 Å². The number of methoxy groups -OCH3 is 1. The maximum atomic E-state index is 12.9. The van der Waals surface area contributed by atoms with Gasteiger partial charge in [-0.05, 0) is 37.5 Å². The van der Waals surface area contributed by atoms with E-state index in [-0.39, 0.29) is 5.91 Å². The van der Waals surface area contributed by atoms with Gasteiger partial charge < -0.3 is 14.4 Å². The molecule has 1 amide bonds. The molecule has 0 saturated carbocycles. The maximum Gasteiger partial charge on any atom is 0.282 e. The Morgan fingerprint density at radius 2 is 1.66 bits per heavy atom. The van der Waals surface area contributed by atoms with Gasteiger partial charge in [0.1, 0.15) is 0 Å². The number of carbonyl (C=O) groups is 1. The molecule has 2 fully saturated rings. The van der Waals surface area contributed by atoms with Gasteiger partial charge >= 0.3 is 0 Å². The fraction of sp³-hybridized carbons (Fsp3) is 0.650. The Hall–Kier alpha value is -1.84. The van der Waals surface area contributed by atoms with Gasteiger partial charge in [-0.25, -0.2) is 0 Å². The van der Waals surface area contributed by atoms with Crippen LogP contribution in [0.2, 0.25) is 0 Å². The lowest BCUT2D eigenvalue weighted by Gasteiger charge is -2.35. The molecular weight excluding hydrogens is 394 g/mol. The first-order chi connectivity index (χ1) is 14.0. The molecule has 0 aliphatic carbocycles. The SMILES string of the molecule is CCCCOc1ccc(C(=O)N2CCN(S(=O)(=O)N3CCCC3)CC2)cc1OC.